The monoisotopic (exact) mass is 217 g/mol. The van der Waals surface area contributed by atoms with E-state index in [-0.39, 0.29) is 0 Å². The Morgan fingerprint density at radius 1 is 0.733 bits per heavy atom. The molecule has 15 heavy (non-hydrogen) atoms. The number of unbranched alkanes of at least 4 members (excludes halogenated alkanes) is 9. The second-order valence-corrected chi connectivity index (χ2v) is 3.91. The first-order valence-electron chi connectivity index (χ1n) is 6.30. The Hall–Kier alpha value is -0.600. The van der Waals surface area contributed by atoms with E-state index in [0.717, 1.165) is 0 Å². The molecule has 0 aliphatic rings. The van der Waals surface area contributed by atoms with Gasteiger partial charge in [0.25, 0.3) is 0 Å². The van der Waals surface area contributed by atoms with Crippen molar-refractivity contribution >= 4 is 0 Å². The molecule has 1 N–H and O–H groups in total. The first kappa shape index (κ1) is 16.8. The Morgan fingerprint density at radius 2 is 0.933 bits per heavy atom. The van der Waals surface area contributed by atoms with Crippen molar-refractivity contribution in [3.05, 3.63) is 4.91 Å². The highest BCUT2D eigenvalue weighted by atomic mass is 16.6. The fourth-order valence-corrected chi connectivity index (χ4v) is 1.56. The minimum atomic E-state index is 1.25. The van der Waals surface area contributed by atoms with E-state index in [9.17, 15) is 0 Å². The van der Waals surface area contributed by atoms with Gasteiger partial charge in [0.15, 0.2) is 5.34 Å². The lowest BCUT2D eigenvalue weighted by molar-refractivity contribution is 0.312. The van der Waals surface area contributed by atoms with E-state index >= 15 is 0 Å². The molecule has 0 aromatic carbocycles. The van der Waals surface area contributed by atoms with E-state index < -0.39 is 0 Å². The molecule has 0 rings (SSSR count). The van der Waals surface area contributed by atoms with Gasteiger partial charge in [-0.3, -0.25) is 0 Å². The molecule has 3 nitrogen and oxygen atoms in total. The molecular weight excluding hydrogens is 190 g/mol. The van der Waals surface area contributed by atoms with Gasteiger partial charge in [-0.05, 0) is 0 Å². The summed E-state index contributed by atoms with van der Waals surface area (Å²) >= 11 is 0. The normalized spacial score (nSPS) is 9.20. The van der Waals surface area contributed by atoms with Gasteiger partial charge in [0.2, 0.25) is 0 Å². The molecule has 3 heteroatoms. The summed E-state index contributed by atoms with van der Waals surface area (Å²) in [5, 5.41) is 7.89. The minimum Gasteiger partial charge on any atom is -0.379 e. The van der Waals surface area contributed by atoms with Crippen LogP contribution in [0.5, 0.6) is 0 Å². The molecule has 0 spiro atoms. The van der Waals surface area contributed by atoms with Crippen molar-refractivity contribution in [1.82, 2.24) is 0 Å². The van der Waals surface area contributed by atoms with E-state index in [1.165, 1.54) is 69.5 Å². The third-order valence-electron chi connectivity index (χ3n) is 2.46. The van der Waals surface area contributed by atoms with Crippen molar-refractivity contribution in [2.24, 2.45) is 5.34 Å². The van der Waals surface area contributed by atoms with E-state index in [4.69, 9.17) is 10.1 Å². The van der Waals surface area contributed by atoms with Gasteiger partial charge in [0.1, 0.15) is 0 Å². The van der Waals surface area contributed by atoms with E-state index in [0.29, 0.717) is 0 Å². The van der Waals surface area contributed by atoms with Crippen LogP contribution in [0.15, 0.2) is 5.34 Å². The van der Waals surface area contributed by atoms with Crippen molar-refractivity contribution < 1.29 is 5.21 Å². The Kier molecular flexibility index (Phi) is 21.4. The lowest BCUT2D eigenvalue weighted by Crippen LogP contribution is -1.80. The topological polar surface area (TPSA) is 49.7 Å². The zero-order chi connectivity index (χ0) is 11.8. The van der Waals surface area contributed by atoms with Gasteiger partial charge in [-0.25, -0.2) is 0 Å². The summed E-state index contributed by atoms with van der Waals surface area (Å²) in [6, 6.07) is 0. The number of nitrogens with zero attached hydrogens (tertiary/aromatic N) is 1. The molecule has 0 aromatic heterocycles. The second-order valence-electron chi connectivity index (χ2n) is 3.91. The summed E-state index contributed by atoms with van der Waals surface area (Å²) in [5.41, 5.74) is 0. The highest BCUT2D eigenvalue weighted by Crippen LogP contribution is 2.09. The molecule has 0 atom stereocenters. The molecule has 0 aromatic rings. The largest absolute Gasteiger partial charge is 0.379 e. The highest BCUT2D eigenvalue weighted by Gasteiger charge is 1.90. The van der Waals surface area contributed by atoms with Gasteiger partial charge in [-0.1, -0.05) is 78.1 Å². The maximum Gasteiger partial charge on any atom is 0.152 e. The van der Waals surface area contributed by atoms with Crippen LogP contribution in [-0.2, 0) is 0 Å². The zero-order valence-electron chi connectivity index (χ0n) is 10.4. The molecule has 0 amide bonds. The third kappa shape index (κ3) is 24.7. The summed E-state index contributed by atoms with van der Waals surface area (Å²) in [6.45, 7) is 4.56. The smallest absolute Gasteiger partial charge is 0.152 e. The summed E-state index contributed by atoms with van der Waals surface area (Å²) in [4.78, 5) is 8.11. The Bertz CT molecular complexity index is 97.8. The van der Waals surface area contributed by atoms with E-state index in [1.54, 1.807) is 0 Å². The number of rotatable bonds is 9. The SMILES string of the molecule is CCCCCCCCCCCC.O=NO. The van der Waals surface area contributed by atoms with Crippen LogP contribution in [0.25, 0.3) is 0 Å². The summed E-state index contributed by atoms with van der Waals surface area (Å²) in [7, 11) is 0. The molecule has 0 aliphatic carbocycles. The Labute approximate surface area is 94.2 Å². The van der Waals surface area contributed by atoms with Crippen LogP contribution in [0.4, 0.5) is 0 Å². The second kappa shape index (κ2) is 19.0. The fourth-order valence-electron chi connectivity index (χ4n) is 1.56. The predicted octanol–water partition coefficient (Wildman–Crippen LogP) is 5.07. The van der Waals surface area contributed by atoms with E-state index in [1.807, 2.05) is 0 Å². The average molecular weight is 217 g/mol. The average Bonchev–Trinajstić information content (AvgIpc) is 2.23. The van der Waals surface area contributed by atoms with E-state index in [2.05, 4.69) is 13.8 Å². The lowest BCUT2D eigenvalue weighted by atomic mass is 10.1. The van der Waals surface area contributed by atoms with Gasteiger partial charge in [0.05, 0.1) is 0 Å². The Morgan fingerprint density at radius 3 is 1.13 bits per heavy atom. The van der Waals surface area contributed by atoms with Crippen LogP contribution >= 0.6 is 0 Å². The van der Waals surface area contributed by atoms with Crippen molar-refractivity contribution in [3.8, 4) is 0 Å². The van der Waals surface area contributed by atoms with Gasteiger partial charge >= 0.3 is 0 Å². The van der Waals surface area contributed by atoms with Gasteiger partial charge < -0.3 is 5.21 Å². The molecule has 0 fully saturated rings. The van der Waals surface area contributed by atoms with Gasteiger partial charge in [0, 0.05) is 0 Å². The first-order chi connectivity index (χ1) is 7.33. The quantitative estimate of drug-likeness (QED) is 0.333. The zero-order valence-corrected chi connectivity index (χ0v) is 10.4. The Balaban J connectivity index is 0. The molecule has 92 valence electrons. The van der Waals surface area contributed by atoms with Crippen molar-refractivity contribution in [2.75, 3.05) is 0 Å². The van der Waals surface area contributed by atoms with Gasteiger partial charge in [-0.15, -0.1) is 4.91 Å². The third-order valence-corrected chi connectivity index (χ3v) is 2.46. The molecule has 0 aliphatic heterocycles. The van der Waals surface area contributed by atoms with Gasteiger partial charge in [-0.2, -0.15) is 0 Å². The number of hydrogen-bond acceptors (Lipinski definition) is 2. The predicted molar refractivity (Wildman–Crippen MR) is 65.1 cm³/mol. The standard InChI is InChI=1S/C12H26.HNO2/c1-3-5-7-9-11-12-10-8-6-4-2;2-1-3/h3-12H2,1-2H3;(H,2,3). The molecule has 0 heterocycles. The van der Waals surface area contributed by atoms with Crippen molar-refractivity contribution in [3.63, 3.8) is 0 Å². The summed E-state index contributed by atoms with van der Waals surface area (Å²) in [6.07, 6.45) is 14.4. The maximum absolute atomic E-state index is 8.11. The van der Waals surface area contributed by atoms with Crippen molar-refractivity contribution in [2.45, 2.75) is 78.1 Å². The molecule has 0 bridgehead atoms. The molecule has 0 unspecified atom stereocenters. The van der Waals surface area contributed by atoms with Crippen LogP contribution in [-0.4, -0.2) is 5.21 Å². The molecule has 0 saturated heterocycles. The first-order valence-corrected chi connectivity index (χ1v) is 6.30. The van der Waals surface area contributed by atoms with Crippen LogP contribution in [0, 0.1) is 4.91 Å². The minimum absolute atomic E-state index is 1.25. The highest BCUT2D eigenvalue weighted by molar-refractivity contribution is 4.45. The molecule has 0 radical (unpaired) electrons. The van der Waals surface area contributed by atoms with Crippen LogP contribution < -0.4 is 0 Å². The summed E-state index contributed by atoms with van der Waals surface area (Å²) in [5.74, 6) is 0. The van der Waals surface area contributed by atoms with Crippen LogP contribution in [0.1, 0.15) is 78.1 Å². The van der Waals surface area contributed by atoms with Crippen molar-refractivity contribution in [1.29, 1.82) is 0 Å². The maximum atomic E-state index is 8.11. The fraction of sp³-hybridized carbons (Fsp3) is 1.00. The lowest BCUT2D eigenvalue weighted by Gasteiger charge is -1.99. The van der Waals surface area contributed by atoms with Crippen LogP contribution in [0.2, 0.25) is 0 Å². The molecule has 0 saturated carbocycles. The number of hydrogen-bond donors (Lipinski definition) is 1. The summed E-state index contributed by atoms with van der Waals surface area (Å²) < 4.78 is 0. The van der Waals surface area contributed by atoms with Crippen LogP contribution in [0.3, 0.4) is 0 Å². The molecular formula is C12H27NO2.